The molecule has 28 heavy (non-hydrogen) atoms. The molecular formula is C19H15Br2N5O2. The van der Waals surface area contributed by atoms with Crippen molar-refractivity contribution in [3.63, 3.8) is 0 Å². The zero-order chi connectivity index (χ0) is 20.0. The summed E-state index contributed by atoms with van der Waals surface area (Å²) in [6.07, 6.45) is 0. The second kappa shape index (κ2) is 7.14. The number of amides is 1. The maximum absolute atomic E-state index is 12.9. The summed E-state index contributed by atoms with van der Waals surface area (Å²) < 4.78 is 4.44. The Morgan fingerprint density at radius 3 is 2.64 bits per heavy atom. The fourth-order valence-corrected chi connectivity index (χ4v) is 4.47. The lowest BCUT2D eigenvalue weighted by Gasteiger charge is -2.14. The number of hydrogen-bond acceptors (Lipinski definition) is 4. The highest BCUT2D eigenvalue weighted by atomic mass is 79.9. The highest BCUT2D eigenvalue weighted by molar-refractivity contribution is 9.11. The first kappa shape index (κ1) is 18.8. The lowest BCUT2D eigenvalue weighted by atomic mass is 10.2. The number of halogens is 2. The van der Waals surface area contributed by atoms with Crippen LogP contribution in [0, 0.1) is 13.8 Å². The SMILES string of the molecule is Cc1nc2c(Br)cc(Br)cc2c(=O)n1NC(=O)Cn1c(C)nc2ccccc21. The number of fused-ring (bicyclic) bond motifs is 2. The Kier molecular flexibility index (Phi) is 4.80. The Hall–Kier alpha value is -2.52. The number of aryl methyl sites for hydroxylation is 2. The molecule has 1 amide bonds. The Bertz CT molecular complexity index is 1310. The average molecular weight is 505 g/mol. The van der Waals surface area contributed by atoms with Crippen LogP contribution in [-0.4, -0.2) is 25.1 Å². The average Bonchev–Trinajstić information content (AvgIpc) is 2.95. The molecule has 9 heteroatoms. The van der Waals surface area contributed by atoms with Crippen molar-refractivity contribution in [3.05, 3.63) is 67.3 Å². The number of benzene rings is 2. The summed E-state index contributed by atoms with van der Waals surface area (Å²) >= 11 is 6.80. The minimum Gasteiger partial charge on any atom is -0.319 e. The fourth-order valence-electron chi connectivity index (χ4n) is 3.15. The van der Waals surface area contributed by atoms with Crippen LogP contribution in [0.15, 0.2) is 50.1 Å². The molecule has 0 bridgehead atoms. The lowest BCUT2D eigenvalue weighted by Crippen LogP contribution is -2.37. The van der Waals surface area contributed by atoms with Crippen LogP contribution in [0.2, 0.25) is 0 Å². The van der Waals surface area contributed by atoms with Gasteiger partial charge in [-0.1, -0.05) is 28.1 Å². The van der Waals surface area contributed by atoms with Gasteiger partial charge in [-0.2, -0.15) is 0 Å². The molecule has 0 aliphatic carbocycles. The van der Waals surface area contributed by atoms with Gasteiger partial charge in [-0.3, -0.25) is 15.0 Å². The number of aromatic nitrogens is 4. The molecule has 0 radical (unpaired) electrons. The van der Waals surface area contributed by atoms with Crippen molar-refractivity contribution in [1.29, 1.82) is 0 Å². The molecule has 0 saturated carbocycles. The van der Waals surface area contributed by atoms with Crippen LogP contribution in [0.4, 0.5) is 0 Å². The Morgan fingerprint density at radius 1 is 1.11 bits per heavy atom. The van der Waals surface area contributed by atoms with Gasteiger partial charge in [0.05, 0.1) is 21.9 Å². The number of para-hydroxylation sites is 2. The van der Waals surface area contributed by atoms with Crippen molar-refractivity contribution in [3.8, 4) is 0 Å². The van der Waals surface area contributed by atoms with E-state index in [0.717, 1.165) is 21.3 Å². The van der Waals surface area contributed by atoms with Gasteiger partial charge >= 0.3 is 0 Å². The van der Waals surface area contributed by atoms with Gasteiger partial charge in [0, 0.05) is 8.95 Å². The summed E-state index contributed by atoms with van der Waals surface area (Å²) in [5.41, 5.74) is 4.56. The highest BCUT2D eigenvalue weighted by Crippen LogP contribution is 2.25. The first-order chi connectivity index (χ1) is 13.3. The van der Waals surface area contributed by atoms with E-state index in [9.17, 15) is 9.59 Å². The van der Waals surface area contributed by atoms with Gasteiger partial charge in [0.15, 0.2) is 0 Å². The van der Waals surface area contributed by atoms with Gasteiger partial charge in [0.1, 0.15) is 18.2 Å². The van der Waals surface area contributed by atoms with Gasteiger partial charge < -0.3 is 4.57 Å². The zero-order valence-corrected chi connectivity index (χ0v) is 18.2. The van der Waals surface area contributed by atoms with Crippen LogP contribution in [0.1, 0.15) is 11.6 Å². The largest absolute Gasteiger partial charge is 0.319 e. The first-order valence-corrected chi connectivity index (χ1v) is 10.0. The smallest absolute Gasteiger partial charge is 0.280 e. The minimum absolute atomic E-state index is 0.0401. The number of nitrogens with zero attached hydrogens (tertiary/aromatic N) is 4. The minimum atomic E-state index is -0.343. The monoisotopic (exact) mass is 503 g/mol. The van der Waals surface area contributed by atoms with E-state index in [2.05, 4.69) is 47.3 Å². The maximum atomic E-state index is 12.9. The zero-order valence-electron chi connectivity index (χ0n) is 15.0. The second-order valence-corrected chi connectivity index (χ2v) is 8.12. The van der Waals surface area contributed by atoms with Crippen LogP contribution in [0.3, 0.4) is 0 Å². The van der Waals surface area contributed by atoms with E-state index in [1.54, 1.807) is 13.0 Å². The molecule has 0 aliphatic rings. The molecule has 2 aromatic heterocycles. The van der Waals surface area contributed by atoms with E-state index in [1.165, 1.54) is 4.68 Å². The van der Waals surface area contributed by atoms with Gasteiger partial charge in [-0.05, 0) is 54.0 Å². The highest BCUT2D eigenvalue weighted by Gasteiger charge is 2.15. The van der Waals surface area contributed by atoms with Crippen LogP contribution in [0.25, 0.3) is 21.9 Å². The van der Waals surface area contributed by atoms with Crippen LogP contribution in [0.5, 0.6) is 0 Å². The van der Waals surface area contributed by atoms with E-state index in [-0.39, 0.29) is 18.0 Å². The third-order valence-corrected chi connectivity index (χ3v) is 5.50. The van der Waals surface area contributed by atoms with Gasteiger partial charge in [-0.25, -0.2) is 14.6 Å². The number of carbonyl (C=O) groups excluding carboxylic acids is 1. The van der Waals surface area contributed by atoms with Crippen LogP contribution >= 0.6 is 31.9 Å². The second-order valence-electron chi connectivity index (χ2n) is 6.35. The molecule has 1 N–H and O–H groups in total. The molecular weight excluding hydrogens is 490 g/mol. The molecule has 0 fully saturated rings. The summed E-state index contributed by atoms with van der Waals surface area (Å²) in [5, 5.41) is 0.399. The summed E-state index contributed by atoms with van der Waals surface area (Å²) in [6, 6.07) is 11.1. The third kappa shape index (κ3) is 3.24. The van der Waals surface area contributed by atoms with Gasteiger partial charge in [0.25, 0.3) is 11.5 Å². The molecule has 2 heterocycles. The summed E-state index contributed by atoms with van der Waals surface area (Å²) in [5.74, 6) is 0.776. The number of imidazole rings is 1. The fraction of sp³-hybridized carbons (Fsp3) is 0.158. The van der Waals surface area contributed by atoms with Crippen molar-refractivity contribution in [2.24, 2.45) is 0 Å². The third-order valence-electron chi connectivity index (χ3n) is 4.44. The standard InChI is InChI=1S/C19H15Br2N5O2/c1-10-22-15-5-3-4-6-16(15)25(10)9-17(27)24-26-11(2)23-18-13(19(26)28)7-12(20)8-14(18)21/h3-8H,9H2,1-2H3,(H,24,27). The van der Waals surface area contributed by atoms with E-state index in [1.807, 2.05) is 41.8 Å². The Labute approximate surface area is 176 Å². The van der Waals surface area contributed by atoms with Crippen molar-refractivity contribution >= 4 is 59.7 Å². The van der Waals surface area contributed by atoms with Gasteiger partial charge in [0.2, 0.25) is 0 Å². The van der Waals surface area contributed by atoms with Gasteiger partial charge in [-0.15, -0.1) is 0 Å². The molecule has 4 aromatic rings. The number of rotatable bonds is 3. The van der Waals surface area contributed by atoms with Crippen molar-refractivity contribution in [1.82, 2.24) is 19.2 Å². The number of nitrogens with one attached hydrogen (secondary N) is 1. The maximum Gasteiger partial charge on any atom is 0.280 e. The topological polar surface area (TPSA) is 81.8 Å². The first-order valence-electron chi connectivity index (χ1n) is 8.45. The summed E-state index contributed by atoms with van der Waals surface area (Å²) in [7, 11) is 0. The molecule has 0 saturated heterocycles. The molecule has 0 spiro atoms. The van der Waals surface area contributed by atoms with Crippen LogP contribution < -0.4 is 11.0 Å². The Balaban J connectivity index is 1.71. The molecule has 2 aromatic carbocycles. The summed E-state index contributed by atoms with van der Waals surface area (Å²) in [4.78, 5) is 34.5. The van der Waals surface area contributed by atoms with Crippen molar-refractivity contribution < 1.29 is 4.79 Å². The predicted octanol–water partition coefficient (Wildman–Crippen LogP) is 3.66. The van der Waals surface area contributed by atoms with E-state index in [0.29, 0.717) is 21.2 Å². The quantitative estimate of drug-likeness (QED) is 0.461. The Morgan fingerprint density at radius 2 is 1.86 bits per heavy atom. The number of hydrogen-bond donors (Lipinski definition) is 1. The molecule has 0 aliphatic heterocycles. The lowest BCUT2D eigenvalue weighted by molar-refractivity contribution is -0.117. The molecule has 0 atom stereocenters. The predicted molar refractivity (Wildman–Crippen MR) is 115 cm³/mol. The molecule has 142 valence electrons. The molecule has 4 rings (SSSR count). The van der Waals surface area contributed by atoms with Crippen molar-refractivity contribution in [2.45, 2.75) is 20.4 Å². The van der Waals surface area contributed by atoms with E-state index >= 15 is 0 Å². The number of carbonyl (C=O) groups is 1. The van der Waals surface area contributed by atoms with Crippen LogP contribution in [-0.2, 0) is 11.3 Å². The van der Waals surface area contributed by atoms with E-state index < -0.39 is 0 Å². The summed E-state index contributed by atoms with van der Waals surface area (Å²) in [6.45, 7) is 3.56. The molecule has 0 unspecified atom stereocenters. The molecule has 7 nitrogen and oxygen atoms in total. The normalized spacial score (nSPS) is 11.3. The van der Waals surface area contributed by atoms with E-state index in [4.69, 9.17) is 0 Å². The van der Waals surface area contributed by atoms with Crippen molar-refractivity contribution in [2.75, 3.05) is 5.43 Å².